The Labute approximate surface area is 115 Å². The van der Waals surface area contributed by atoms with Gasteiger partial charge >= 0.3 is 6.18 Å². The molecule has 0 aliphatic heterocycles. The summed E-state index contributed by atoms with van der Waals surface area (Å²) >= 11 is 0.765. The topological polar surface area (TPSA) is 26.0 Å². The summed E-state index contributed by atoms with van der Waals surface area (Å²) in [6.45, 7) is 0. The highest BCUT2D eigenvalue weighted by Gasteiger charge is 2.33. The van der Waals surface area contributed by atoms with Gasteiger partial charge in [0.2, 0.25) is 0 Å². The molecule has 0 atom stereocenters. The lowest BCUT2D eigenvalue weighted by Crippen LogP contribution is -2.08. The highest BCUT2D eigenvalue weighted by atomic mass is 32.2. The minimum atomic E-state index is -4.58. The highest BCUT2D eigenvalue weighted by molar-refractivity contribution is 7.99. The van der Waals surface area contributed by atoms with Crippen molar-refractivity contribution in [2.45, 2.75) is 16.0 Å². The lowest BCUT2D eigenvalue weighted by atomic mass is 10.2. The molecule has 1 nitrogen and oxygen atoms in total. The van der Waals surface area contributed by atoms with Crippen LogP contribution in [0, 0.1) is 11.6 Å². The number of hydrogen-bond acceptors (Lipinski definition) is 2. The standard InChI is InChI=1S/C13H8F5NS/c14-7-1-4-12(10(15)5-7)20-8-2-3-11(19)9(6-8)13(16,17)18/h1-6H,19H2. The van der Waals surface area contributed by atoms with E-state index in [-0.39, 0.29) is 9.79 Å². The van der Waals surface area contributed by atoms with Gasteiger partial charge in [0.1, 0.15) is 11.6 Å². The van der Waals surface area contributed by atoms with Crippen molar-refractivity contribution in [2.24, 2.45) is 0 Å². The van der Waals surface area contributed by atoms with Crippen LogP contribution in [0.15, 0.2) is 46.2 Å². The van der Waals surface area contributed by atoms with Gasteiger partial charge < -0.3 is 5.73 Å². The maximum atomic E-state index is 13.4. The third-order valence-electron chi connectivity index (χ3n) is 2.45. The molecule has 0 spiro atoms. The van der Waals surface area contributed by atoms with Crippen molar-refractivity contribution >= 4 is 17.4 Å². The predicted molar refractivity (Wildman–Crippen MR) is 66.3 cm³/mol. The Kier molecular flexibility index (Phi) is 3.89. The van der Waals surface area contributed by atoms with Crippen LogP contribution in [-0.4, -0.2) is 0 Å². The molecule has 2 aromatic rings. The Morgan fingerprint density at radius 3 is 2.25 bits per heavy atom. The second kappa shape index (κ2) is 5.32. The van der Waals surface area contributed by atoms with E-state index >= 15 is 0 Å². The van der Waals surface area contributed by atoms with Gasteiger partial charge in [-0.3, -0.25) is 0 Å². The van der Waals surface area contributed by atoms with E-state index in [4.69, 9.17) is 5.73 Å². The van der Waals surface area contributed by atoms with E-state index in [1.54, 1.807) is 0 Å². The van der Waals surface area contributed by atoms with Gasteiger partial charge in [-0.2, -0.15) is 13.2 Å². The van der Waals surface area contributed by atoms with Gasteiger partial charge in [-0.05, 0) is 30.3 Å². The zero-order chi connectivity index (χ0) is 14.9. The van der Waals surface area contributed by atoms with Crippen molar-refractivity contribution in [2.75, 3.05) is 5.73 Å². The fraction of sp³-hybridized carbons (Fsp3) is 0.0769. The summed E-state index contributed by atoms with van der Waals surface area (Å²) in [6, 6.07) is 6.16. The van der Waals surface area contributed by atoms with Crippen LogP contribution in [-0.2, 0) is 6.18 Å². The number of benzene rings is 2. The van der Waals surface area contributed by atoms with E-state index in [0.717, 1.165) is 30.0 Å². The number of anilines is 1. The molecule has 0 amide bonds. The second-order valence-electron chi connectivity index (χ2n) is 3.92. The van der Waals surface area contributed by atoms with Gasteiger partial charge in [-0.25, -0.2) is 8.78 Å². The number of hydrogen-bond donors (Lipinski definition) is 1. The Balaban J connectivity index is 2.35. The van der Waals surface area contributed by atoms with Crippen LogP contribution in [0.3, 0.4) is 0 Å². The fourth-order valence-corrected chi connectivity index (χ4v) is 2.39. The van der Waals surface area contributed by atoms with Crippen molar-refractivity contribution in [1.82, 2.24) is 0 Å². The van der Waals surface area contributed by atoms with Crippen LogP contribution in [0.2, 0.25) is 0 Å². The highest BCUT2D eigenvalue weighted by Crippen LogP contribution is 2.38. The fourth-order valence-electron chi connectivity index (χ4n) is 1.53. The maximum absolute atomic E-state index is 13.4. The van der Waals surface area contributed by atoms with Crippen molar-refractivity contribution in [3.8, 4) is 0 Å². The van der Waals surface area contributed by atoms with E-state index in [9.17, 15) is 22.0 Å². The van der Waals surface area contributed by atoms with Crippen molar-refractivity contribution in [3.05, 3.63) is 53.6 Å². The van der Waals surface area contributed by atoms with E-state index < -0.39 is 29.1 Å². The largest absolute Gasteiger partial charge is 0.418 e. The lowest BCUT2D eigenvalue weighted by molar-refractivity contribution is -0.137. The first-order valence-corrected chi connectivity index (χ1v) is 6.18. The summed E-state index contributed by atoms with van der Waals surface area (Å²) in [4.78, 5) is 0.196. The summed E-state index contributed by atoms with van der Waals surface area (Å²) < 4.78 is 64.2. The smallest absolute Gasteiger partial charge is 0.398 e. The van der Waals surface area contributed by atoms with Gasteiger partial charge in [-0.15, -0.1) is 0 Å². The van der Waals surface area contributed by atoms with Gasteiger partial charge in [0.25, 0.3) is 0 Å². The molecule has 7 heteroatoms. The summed E-state index contributed by atoms with van der Waals surface area (Å²) in [5.41, 5.74) is 3.88. The summed E-state index contributed by atoms with van der Waals surface area (Å²) in [7, 11) is 0. The van der Waals surface area contributed by atoms with Crippen molar-refractivity contribution in [3.63, 3.8) is 0 Å². The normalized spacial score (nSPS) is 11.7. The molecule has 0 aliphatic rings. The molecule has 0 aromatic heterocycles. The van der Waals surface area contributed by atoms with Crippen LogP contribution < -0.4 is 5.73 Å². The molecule has 2 N–H and O–H groups in total. The minimum Gasteiger partial charge on any atom is -0.398 e. The Morgan fingerprint density at radius 1 is 0.950 bits per heavy atom. The Morgan fingerprint density at radius 2 is 1.65 bits per heavy atom. The number of rotatable bonds is 2. The molecular formula is C13H8F5NS. The molecule has 106 valence electrons. The zero-order valence-corrected chi connectivity index (χ0v) is 10.7. The Bertz CT molecular complexity index is 639. The van der Waals surface area contributed by atoms with Crippen molar-refractivity contribution < 1.29 is 22.0 Å². The molecular weight excluding hydrogens is 297 g/mol. The van der Waals surface area contributed by atoms with Crippen molar-refractivity contribution in [1.29, 1.82) is 0 Å². The molecule has 20 heavy (non-hydrogen) atoms. The van der Waals surface area contributed by atoms with Crippen LogP contribution in [0.1, 0.15) is 5.56 Å². The van der Waals surface area contributed by atoms with E-state index in [0.29, 0.717) is 6.07 Å². The monoisotopic (exact) mass is 305 g/mol. The average Bonchev–Trinajstić information content (AvgIpc) is 2.33. The SMILES string of the molecule is Nc1ccc(Sc2ccc(F)cc2F)cc1C(F)(F)F. The molecule has 2 aromatic carbocycles. The van der Waals surface area contributed by atoms with E-state index in [1.807, 2.05) is 0 Å². The molecule has 0 bridgehead atoms. The van der Waals surface area contributed by atoms with Crippen LogP contribution in [0.25, 0.3) is 0 Å². The molecule has 0 unspecified atom stereocenters. The first-order valence-electron chi connectivity index (χ1n) is 5.37. The summed E-state index contributed by atoms with van der Waals surface area (Å²) in [6.07, 6.45) is -4.58. The zero-order valence-electron chi connectivity index (χ0n) is 9.84. The van der Waals surface area contributed by atoms with Crippen LogP contribution in [0.5, 0.6) is 0 Å². The number of halogens is 5. The van der Waals surface area contributed by atoms with E-state index in [2.05, 4.69) is 0 Å². The first-order chi connectivity index (χ1) is 9.27. The lowest BCUT2D eigenvalue weighted by Gasteiger charge is -2.11. The van der Waals surface area contributed by atoms with Gasteiger partial charge in [-0.1, -0.05) is 11.8 Å². The first kappa shape index (κ1) is 14.6. The molecule has 0 heterocycles. The molecule has 0 fully saturated rings. The molecule has 0 saturated heterocycles. The molecule has 0 aliphatic carbocycles. The molecule has 2 rings (SSSR count). The summed E-state index contributed by atoms with van der Waals surface area (Å²) in [5.74, 6) is -1.58. The van der Waals surface area contributed by atoms with Gasteiger partial charge in [0, 0.05) is 21.5 Å². The quantitative estimate of drug-likeness (QED) is 0.642. The number of nitrogen functional groups attached to an aromatic ring is 1. The third kappa shape index (κ3) is 3.22. The average molecular weight is 305 g/mol. The molecule has 0 saturated carbocycles. The predicted octanol–water partition coefficient (Wildman–Crippen LogP) is 4.72. The molecule has 0 radical (unpaired) electrons. The van der Waals surface area contributed by atoms with Crippen LogP contribution in [0.4, 0.5) is 27.6 Å². The Hall–Kier alpha value is -1.76. The maximum Gasteiger partial charge on any atom is 0.418 e. The van der Waals surface area contributed by atoms with E-state index in [1.165, 1.54) is 12.1 Å². The van der Waals surface area contributed by atoms with Gasteiger partial charge in [0.05, 0.1) is 5.56 Å². The summed E-state index contributed by atoms with van der Waals surface area (Å²) in [5, 5.41) is 0. The minimum absolute atomic E-state index is 0.0318. The van der Waals surface area contributed by atoms with Crippen LogP contribution >= 0.6 is 11.8 Å². The van der Waals surface area contributed by atoms with Gasteiger partial charge in [0.15, 0.2) is 0 Å². The second-order valence-corrected chi connectivity index (χ2v) is 5.04. The third-order valence-corrected chi connectivity index (χ3v) is 3.49. The number of nitrogens with two attached hydrogens (primary N) is 1. The number of alkyl halides is 3.